The number of rotatable bonds is 6. The number of esters is 1. The number of carbonyl (C=O) groups excluding carboxylic acids is 1. The highest BCUT2D eigenvalue weighted by Gasteiger charge is 2.29. The maximum absolute atomic E-state index is 11.5. The van der Waals surface area contributed by atoms with E-state index in [9.17, 15) is 4.79 Å². The second kappa shape index (κ2) is 7.96. The van der Waals surface area contributed by atoms with Crippen molar-refractivity contribution in [3.63, 3.8) is 0 Å². The van der Waals surface area contributed by atoms with E-state index in [1.54, 1.807) is 0 Å². The summed E-state index contributed by atoms with van der Waals surface area (Å²) >= 11 is 0. The van der Waals surface area contributed by atoms with Gasteiger partial charge in [-0.1, -0.05) is 6.42 Å². The van der Waals surface area contributed by atoms with Gasteiger partial charge in [-0.3, -0.25) is 9.69 Å². The van der Waals surface area contributed by atoms with E-state index in [0.717, 1.165) is 25.6 Å². The molecule has 2 rings (SSSR count). The average molecular weight is 283 g/mol. The molecule has 20 heavy (non-hydrogen) atoms. The zero-order chi connectivity index (χ0) is 14.4. The fraction of sp³-hybridized carbons (Fsp3) is 0.933. The molecule has 0 amide bonds. The Morgan fingerprint density at radius 1 is 1.30 bits per heavy atom. The molecule has 0 aromatic rings. The van der Waals surface area contributed by atoms with Gasteiger partial charge in [0.05, 0.1) is 7.11 Å². The third kappa shape index (κ3) is 4.17. The van der Waals surface area contributed by atoms with Crippen LogP contribution in [0.3, 0.4) is 0 Å². The molecule has 2 fully saturated rings. The standard InChI is InChI=1S/C15H29N3O2/c1-16-14(15(19)20-2)7-11-17-10-6-13(12-17)18-8-4-3-5-9-18/h13-14,16H,3-12H2,1-2H3. The lowest BCUT2D eigenvalue weighted by atomic mass is 10.1. The monoisotopic (exact) mass is 283 g/mol. The van der Waals surface area contributed by atoms with Crippen LogP contribution in [0.15, 0.2) is 0 Å². The number of nitrogens with zero attached hydrogens (tertiary/aromatic N) is 2. The summed E-state index contributed by atoms with van der Waals surface area (Å²) in [5.74, 6) is -0.153. The molecule has 116 valence electrons. The highest BCUT2D eigenvalue weighted by Crippen LogP contribution is 2.20. The summed E-state index contributed by atoms with van der Waals surface area (Å²) in [6.45, 7) is 5.86. The first kappa shape index (κ1) is 15.7. The Bertz CT molecular complexity index is 305. The Hall–Kier alpha value is -0.650. The van der Waals surface area contributed by atoms with Crippen LogP contribution >= 0.6 is 0 Å². The van der Waals surface area contributed by atoms with E-state index in [0.29, 0.717) is 0 Å². The second-order valence-electron chi connectivity index (χ2n) is 5.99. The Labute approximate surface area is 122 Å². The Kier molecular flexibility index (Phi) is 6.26. The summed E-state index contributed by atoms with van der Waals surface area (Å²) in [5.41, 5.74) is 0. The second-order valence-corrected chi connectivity index (χ2v) is 5.99. The van der Waals surface area contributed by atoms with Crippen molar-refractivity contribution in [3.05, 3.63) is 0 Å². The molecule has 0 spiro atoms. The van der Waals surface area contributed by atoms with Gasteiger partial charge >= 0.3 is 5.97 Å². The molecule has 2 unspecified atom stereocenters. The quantitative estimate of drug-likeness (QED) is 0.727. The van der Waals surface area contributed by atoms with Gasteiger partial charge in [-0.2, -0.15) is 0 Å². The average Bonchev–Trinajstić information content (AvgIpc) is 2.97. The summed E-state index contributed by atoms with van der Waals surface area (Å²) < 4.78 is 4.81. The van der Waals surface area contributed by atoms with Crippen LogP contribution in [0.4, 0.5) is 0 Å². The molecule has 2 aliphatic rings. The number of piperidine rings is 1. The molecule has 0 aliphatic carbocycles. The molecule has 1 N–H and O–H groups in total. The topological polar surface area (TPSA) is 44.8 Å². The minimum absolute atomic E-state index is 0.153. The van der Waals surface area contributed by atoms with Crippen LogP contribution in [0.5, 0.6) is 0 Å². The third-order valence-corrected chi connectivity index (χ3v) is 4.72. The van der Waals surface area contributed by atoms with Gasteiger partial charge in [0.25, 0.3) is 0 Å². The van der Waals surface area contributed by atoms with Crippen LogP contribution in [0.25, 0.3) is 0 Å². The fourth-order valence-electron chi connectivity index (χ4n) is 3.43. The fourth-order valence-corrected chi connectivity index (χ4v) is 3.43. The molecule has 0 aromatic carbocycles. The van der Waals surface area contributed by atoms with Crippen molar-refractivity contribution < 1.29 is 9.53 Å². The lowest BCUT2D eigenvalue weighted by Crippen LogP contribution is -2.42. The lowest BCUT2D eigenvalue weighted by molar-refractivity contribution is -0.143. The van der Waals surface area contributed by atoms with Crippen LogP contribution in [-0.4, -0.2) is 74.7 Å². The van der Waals surface area contributed by atoms with Gasteiger partial charge in [0.1, 0.15) is 6.04 Å². The summed E-state index contributed by atoms with van der Waals surface area (Å²) in [6, 6.07) is 0.565. The lowest BCUT2D eigenvalue weighted by Gasteiger charge is -2.32. The summed E-state index contributed by atoms with van der Waals surface area (Å²) in [5, 5.41) is 3.04. The molecule has 0 radical (unpaired) electrons. The number of hydrogen-bond donors (Lipinski definition) is 1. The first-order valence-electron chi connectivity index (χ1n) is 7.96. The Morgan fingerprint density at radius 2 is 2.05 bits per heavy atom. The highest BCUT2D eigenvalue weighted by molar-refractivity contribution is 5.75. The van der Waals surface area contributed by atoms with E-state index in [4.69, 9.17) is 4.74 Å². The van der Waals surface area contributed by atoms with Crippen molar-refractivity contribution in [2.75, 3.05) is 46.9 Å². The Balaban J connectivity index is 1.71. The smallest absolute Gasteiger partial charge is 0.322 e. The van der Waals surface area contributed by atoms with E-state index < -0.39 is 0 Å². The van der Waals surface area contributed by atoms with Gasteiger partial charge in [0.2, 0.25) is 0 Å². The van der Waals surface area contributed by atoms with Crippen molar-refractivity contribution in [2.24, 2.45) is 0 Å². The van der Waals surface area contributed by atoms with E-state index >= 15 is 0 Å². The zero-order valence-corrected chi connectivity index (χ0v) is 12.9. The zero-order valence-electron chi connectivity index (χ0n) is 12.9. The van der Waals surface area contributed by atoms with E-state index in [2.05, 4.69) is 15.1 Å². The first-order valence-corrected chi connectivity index (χ1v) is 7.96. The maximum Gasteiger partial charge on any atom is 0.322 e. The van der Waals surface area contributed by atoms with Crippen LogP contribution in [0, 0.1) is 0 Å². The molecule has 5 nitrogen and oxygen atoms in total. The number of nitrogens with one attached hydrogen (secondary N) is 1. The van der Waals surface area contributed by atoms with Crippen molar-refractivity contribution in [1.82, 2.24) is 15.1 Å². The van der Waals surface area contributed by atoms with Gasteiger partial charge in [-0.15, -0.1) is 0 Å². The van der Waals surface area contributed by atoms with Crippen LogP contribution in [-0.2, 0) is 9.53 Å². The van der Waals surface area contributed by atoms with Crippen LogP contribution in [0.1, 0.15) is 32.1 Å². The van der Waals surface area contributed by atoms with Crippen molar-refractivity contribution in [2.45, 2.75) is 44.2 Å². The van der Waals surface area contributed by atoms with E-state index in [1.807, 2.05) is 7.05 Å². The largest absolute Gasteiger partial charge is 0.468 e. The van der Waals surface area contributed by atoms with E-state index in [1.165, 1.54) is 52.4 Å². The third-order valence-electron chi connectivity index (χ3n) is 4.72. The van der Waals surface area contributed by atoms with Crippen LogP contribution in [0.2, 0.25) is 0 Å². The molecule has 0 saturated carbocycles. The molecule has 2 saturated heterocycles. The predicted molar refractivity (Wildman–Crippen MR) is 79.7 cm³/mol. The normalized spacial score (nSPS) is 26.6. The van der Waals surface area contributed by atoms with Crippen LogP contribution < -0.4 is 5.32 Å². The van der Waals surface area contributed by atoms with Gasteiger partial charge in [-0.25, -0.2) is 0 Å². The molecular formula is C15H29N3O2. The number of hydrogen-bond acceptors (Lipinski definition) is 5. The summed E-state index contributed by atoms with van der Waals surface area (Å²) in [6.07, 6.45) is 6.23. The number of methoxy groups -OCH3 is 1. The molecule has 2 atom stereocenters. The minimum Gasteiger partial charge on any atom is -0.468 e. The summed E-state index contributed by atoms with van der Waals surface area (Å²) in [4.78, 5) is 16.7. The molecule has 2 aliphatic heterocycles. The van der Waals surface area contributed by atoms with E-state index in [-0.39, 0.29) is 12.0 Å². The molecule has 0 bridgehead atoms. The van der Waals surface area contributed by atoms with Crippen molar-refractivity contribution in [1.29, 1.82) is 0 Å². The molecule has 5 heteroatoms. The molecular weight excluding hydrogens is 254 g/mol. The predicted octanol–water partition coefficient (Wildman–Crippen LogP) is 0.698. The molecule has 2 heterocycles. The maximum atomic E-state index is 11.5. The summed E-state index contributed by atoms with van der Waals surface area (Å²) in [7, 11) is 3.27. The Morgan fingerprint density at radius 3 is 2.70 bits per heavy atom. The number of likely N-dealkylation sites (N-methyl/N-ethyl adjacent to an activating group) is 1. The number of ether oxygens (including phenoxy) is 1. The minimum atomic E-state index is -0.172. The SMILES string of the molecule is CNC(CCN1CCC(N2CCCCC2)C1)C(=O)OC. The van der Waals surface area contributed by atoms with Gasteiger partial charge in [-0.05, 0) is 52.4 Å². The first-order chi connectivity index (χ1) is 9.74. The van der Waals surface area contributed by atoms with Gasteiger partial charge in [0.15, 0.2) is 0 Å². The van der Waals surface area contributed by atoms with Crippen molar-refractivity contribution in [3.8, 4) is 0 Å². The number of carbonyl (C=O) groups is 1. The van der Waals surface area contributed by atoms with Gasteiger partial charge in [0, 0.05) is 19.1 Å². The molecule has 0 aromatic heterocycles. The highest BCUT2D eigenvalue weighted by atomic mass is 16.5. The van der Waals surface area contributed by atoms with Crippen molar-refractivity contribution >= 4 is 5.97 Å². The number of likely N-dealkylation sites (tertiary alicyclic amines) is 2. The van der Waals surface area contributed by atoms with Gasteiger partial charge < -0.3 is 15.0 Å².